The minimum absolute atomic E-state index is 0. The third-order valence-electron chi connectivity index (χ3n) is 6.80. The molecule has 1 aliphatic heterocycles. The van der Waals surface area contributed by atoms with Gasteiger partial charge in [-0.15, -0.1) is 12.4 Å². The predicted molar refractivity (Wildman–Crippen MR) is 156 cm³/mol. The molecule has 1 amide bonds. The molecule has 0 radical (unpaired) electrons. The summed E-state index contributed by atoms with van der Waals surface area (Å²) in [6.07, 6.45) is 0.992. The van der Waals surface area contributed by atoms with Gasteiger partial charge in [0.1, 0.15) is 5.75 Å². The number of benzene rings is 2. The van der Waals surface area contributed by atoms with Crippen molar-refractivity contribution in [2.75, 3.05) is 51.3 Å². The Labute approximate surface area is 235 Å². The summed E-state index contributed by atoms with van der Waals surface area (Å²) in [5.74, 6) is 0.792. The second-order valence-electron chi connectivity index (χ2n) is 9.07. The number of halogens is 3. The SMILES string of the molecule is CCCn1c(-c2ccc(OC)cc2)cc(C(=O)NCCN2CCN(c3cccc(Cl)c3Cl)CC2)c1C.Cl. The summed E-state index contributed by atoms with van der Waals surface area (Å²) in [5, 5.41) is 4.32. The number of carbonyl (C=O) groups is 1. The number of aromatic nitrogens is 1. The van der Waals surface area contributed by atoms with Crippen molar-refractivity contribution in [3.05, 3.63) is 69.8 Å². The lowest BCUT2D eigenvalue weighted by Crippen LogP contribution is -2.48. The highest BCUT2D eigenvalue weighted by Crippen LogP contribution is 2.33. The van der Waals surface area contributed by atoms with E-state index in [0.29, 0.717) is 16.6 Å². The topological polar surface area (TPSA) is 49.7 Å². The molecule has 6 nitrogen and oxygen atoms in total. The summed E-state index contributed by atoms with van der Waals surface area (Å²) < 4.78 is 7.53. The fourth-order valence-corrected chi connectivity index (χ4v) is 5.17. The number of ether oxygens (including phenoxy) is 1. The zero-order chi connectivity index (χ0) is 25.7. The van der Waals surface area contributed by atoms with Crippen molar-refractivity contribution in [1.29, 1.82) is 0 Å². The second-order valence-corrected chi connectivity index (χ2v) is 9.85. The molecule has 1 N–H and O–H groups in total. The average molecular weight is 566 g/mol. The highest BCUT2D eigenvalue weighted by Gasteiger charge is 2.21. The minimum atomic E-state index is -0.0264. The molecule has 9 heteroatoms. The van der Waals surface area contributed by atoms with Crippen LogP contribution in [0.15, 0.2) is 48.5 Å². The quantitative estimate of drug-likeness (QED) is 0.337. The first-order valence-corrected chi connectivity index (χ1v) is 13.2. The van der Waals surface area contributed by atoms with Crippen LogP contribution in [0.1, 0.15) is 29.4 Å². The number of hydrogen-bond acceptors (Lipinski definition) is 4. The molecule has 0 atom stereocenters. The number of amides is 1. The van der Waals surface area contributed by atoms with E-state index in [1.807, 2.05) is 55.5 Å². The summed E-state index contributed by atoms with van der Waals surface area (Å²) in [7, 11) is 1.66. The molecular weight excluding hydrogens is 531 g/mol. The van der Waals surface area contributed by atoms with Crippen molar-refractivity contribution < 1.29 is 9.53 Å². The molecule has 1 saturated heterocycles. The van der Waals surface area contributed by atoms with E-state index in [4.69, 9.17) is 27.9 Å². The van der Waals surface area contributed by atoms with Crippen molar-refractivity contribution in [3.8, 4) is 17.0 Å². The molecule has 2 aromatic carbocycles. The van der Waals surface area contributed by atoms with Gasteiger partial charge in [0.2, 0.25) is 0 Å². The molecule has 1 aliphatic rings. The van der Waals surface area contributed by atoms with Crippen LogP contribution in [-0.4, -0.2) is 61.8 Å². The van der Waals surface area contributed by atoms with E-state index in [1.54, 1.807) is 7.11 Å². The van der Waals surface area contributed by atoms with Crippen LogP contribution >= 0.6 is 35.6 Å². The van der Waals surface area contributed by atoms with Crippen molar-refractivity contribution >= 4 is 47.2 Å². The smallest absolute Gasteiger partial charge is 0.253 e. The van der Waals surface area contributed by atoms with Crippen LogP contribution in [0.5, 0.6) is 5.75 Å². The van der Waals surface area contributed by atoms with Crippen LogP contribution in [0.25, 0.3) is 11.3 Å². The Bertz CT molecular complexity index is 1190. The maximum absolute atomic E-state index is 13.1. The molecule has 1 aromatic heterocycles. The molecular formula is C28H35Cl3N4O2. The monoisotopic (exact) mass is 564 g/mol. The Hall–Kier alpha value is -2.38. The van der Waals surface area contributed by atoms with Gasteiger partial charge in [0.05, 0.1) is 28.4 Å². The van der Waals surface area contributed by atoms with E-state index in [2.05, 4.69) is 26.6 Å². The van der Waals surface area contributed by atoms with E-state index in [1.165, 1.54) is 0 Å². The number of methoxy groups -OCH3 is 1. The average Bonchev–Trinajstić information content (AvgIpc) is 3.22. The predicted octanol–water partition coefficient (Wildman–Crippen LogP) is 6.16. The lowest BCUT2D eigenvalue weighted by Gasteiger charge is -2.36. The maximum Gasteiger partial charge on any atom is 0.253 e. The number of hydrogen-bond donors (Lipinski definition) is 1. The van der Waals surface area contributed by atoms with Gasteiger partial charge in [0.25, 0.3) is 5.91 Å². The van der Waals surface area contributed by atoms with Crippen molar-refractivity contribution in [1.82, 2.24) is 14.8 Å². The molecule has 1 fully saturated rings. The highest BCUT2D eigenvalue weighted by molar-refractivity contribution is 6.43. The highest BCUT2D eigenvalue weighted by atomic mass is 35.5. The van der Waals surface area contributed by atoms with Crippen LogP contribution < -0.4 is 15.0 Å². The molecule has 3 aromatic rings. The van der Waals surface area contributed by atoms with Gasteiger partial charge in [0.15, 0.2) is 0 Å². The second kappa shape index (κ2) is 13.4. The number of piperazine rings is 1. The van der Waals surface area contributed by atoms with Gasteiger partial charge in [-0.3, -0.25) is 9.69 Å². The Balaban J connectivity index is 0.00000380. The summed E-state index contributed by atoms with van der Waals surface area (Å²) in [6.45, 7) is 10.0. The summed E-state index contributed by atoms with van der Waals surface area (Å²) in [4.78, 5) is 17.8. The third-order valence-corrected chi connectivity index (χ3v) is 7.61. The van der Waals surface area contributed by atoms with E-state index in [9.17, 15) is 4.79 Å². The Morgan fingerprint density at radius 3 is 2.38 bits per heavy atom. The fourth-order valence-electron chi connectivity index (χ4n) is 4.76. The van der Waals surface area contributed by atoms with Gasteiger partial charge in [-0.2, -0.15) is 0 Å². The van der Waals surface area contributed by atoms with E-state index >= 15 is 0 Å². The number of nitrogens with one attached hydrogen (secondary N) is 1. The Morgan fingerprint density at radius 2 is 1.73 bits per heavy atom. The van der Waals surface area contributed by atoms with Crippen LogP contribution in [0.3, 0.4) is 0 Å². The van der Waals surface area contributed by atoms with Crippen LogP contribution in [0, 0.1) is 6.92 Å². The first-order chi connectivity index (χ1) is 17.4. The normalized spacial score (nSPS) is 13.8. The summed E-state index contributed by atoms with van der Waals surface area (Å²) >= 11 is 12.6. The van der Waals surface area contributed by atoms with Crippen molar-refractivity contribution in [2.24, 2.45) is 0 Å². The lowest BCUT2D eigenvalue weighted by atomic mass is 10.1. The van der Waals surface area contributed by atoms with Gasteiger partial charge < -0.3 is 19.5 Å². The van der Waals surface area contributed by atoms with Crippen LogP contribution in [0.2, 0.25) is 10.0 Å². The van der Waals surface area contributed by atoms with Gasteiger partial charge in [-0.1, -0.05) is 36.2 Å². The van der Waals surface area contributed by atoms with E-state index < -0.39 is 0 Å². The fraction of sp³-hybridized carbons (Fsp3) is 0.393. The maximum atomic E-state index is 13.1. The van der Waals surface area contributed by atoms with Gasteiger partial charge in [-0.05, 0) is 61.4 Å². The van der Waals surface area contributed by atoms with Crippen LogP contribution in [0.4, 0.5) is 5.69 Å². The van der Waals surface area contributed by atoms with E-state index in [-0.39, 0.29) is 18.3 Å². The molecule has 0 aliphatic carbocycles. The number of anilines is 1. The molecule has 37 heavy (non-hydrogen) atoms. The zero-order valence-electron chi connectivity index (χ0n) is 21.6. The van der Waals surface area contributed by atoms with Crippen molar-refractivity contribution in [3.63, 3.8) is 0 Å². The molecule has 0 spiro atoms. The largest absolute Gasteiger partial charge is 0.497 e. The first-order valence-electron chi connectivity index (χ1n) is 12.5. The standard InChI is InChI=1S/C28H34Cl2N4O2.ClH/c1-4-13-34-20(2)23(19-26(34)21-8-10-22(36-3)11-9-21)28(35)31-12-14-32-15-17-33(18-16-32)25-7-5-6-24(29)27(25)30;/h5-11,19H,4,12-18H2,1-3H3,(H,31,35);1H. The molecule has 4 rings (SSSR count). The molecule has 200 valence electrons. The zero-order valence-corrected chi connectivity index (χ0v) is 23.9. The Kier molecular flexibility index (Phi) is 10.6. The number of nitrogens with zero attached hydrogens (tertiary/aromatic N) is 3. The first kappa shape index (κ1) is 29.2. The Morgan fingerprint density at radius 1 is 1.03 bits per heavy atom. The number of rotatable bonds is 9. The van der Waals surface area contributed by atoms with Crippen LogP contribution in [-0.2, 0) is 6.54 Å². The molecule has 0 unspecified atom stereocenters. The minimum Gasteiger partial charge on any atom is -0.497 e. The van der Waals surface area contributed by atoms with E-state index in [0.717, 1.165) is 79.6 Å². The summed E-state index contributed by atoms with van der Waals surface area (Å²) in [6, 6.07) is 15.7. The van der Waals surface area contributed by atoms with Gasteiger partial charge >= 0.3 is 0 Å². The van der Waals surface area contributed by atoms with Crippen molar-refractivity contribution in [2.45, 2.75) is 26.8 Å². The lowest BCUT2D eigenvalue weighted by molar-refractivity contribution is 0.0947. The molecule has 0 bridgehead atoms. The molecule has 0 saturated carbocycles. The van der Waals surface area contributed by atoms with Gasteiger partial charge in [0, 0.05) is 57.2 Å². The summed E-state index contributed by atoms with van der Waals surface area (Å²) in [5.41, 5.74) is 4.83. The third kappa shape index (κ3) is 6.74. The molecule has 2 heterocycles. The van der Waals surface area contributed by atoms with Gasteiger partial charge in [-0.25, -0.2) is 0 Å². The number of carbonyl (C=O) groups excluding carboxylic acids is 1.